The summed E-state index contributed by atoms with van der Waals surface area (Å²) in [6.07, 6.45) is 0. The first-order valence-corrected chi connectivity index (χ1v) is 8.76. The van der Waals surface area contributed by atoms with Crippen LogP contribution in [0, 0.1) is 6.92 Å². The lowest BCUT2D eigenvalue weighted by atomic mass is 9.91. The van der Waals surface area contributed by atoms with E-state index in [1.54, 1.807) is 31.2 Å². The number of Topliss-reactive ketones (excluding diaryl/α,β-unsaturated/α-hetero) is 1. The molecule has 2 aromatic rings. The smallest absolute Gasteiger partial charge is 0.325 e. The van der Waals surface area contributed by atoms with Crippen LogP contribution in [0.25, 0.3) is 0 Å². The summed E-state index contributed by atoms with van der Waals surface area (Å²) < 4.78 is 10.4. The number of nitrogens with one attached hydrogen (secondary N) is 1. The van der Waals surface area contributed by atoms with E-state index in [9.17, 15) is 14.4 Å². The highest BCUT2D eigenvalue weighted by atomic mass is 16.5. The summed E-state index contributed by atoms with van der Waals surface area (Å²) in [4.78, 5) is 39.2. The van der Waals surface area contributed by atoms with Gasteiger partial charge >= 0.3 is 6.03 Å². The predicted octanol–water partition coefficient (Wildman–Crippen LogP) is 2.66. The van der Waals surface area contributed by atoms with E-state index >= 15 is 0 Å². The molecule has 0 aliphatic carbocycles. The number of hydrogen-bond donors (Lipinski definition) is 1. The lowest BCUT2D eigenvalue weighted by molar-refractivity contribution is -0.130. The zero-order valence-corrected chi connectivity index (χ0v) is 16.2. The SMILES string of the molecule is COc1ccc(OC)c(C(=O)CN2C(=O)NC(C)(c3ccc(C)cc3)C2=O)c1. The number of urea groups is 1. The van der Waals surface area contributed by atoms with Crippen LogP contribution >= 0.6 is 0 Å². The molecule has 0 aromatic heterocycles. The van der Waals surface area contributed by atoms with Gasteiger partial charge in [-0.3, -0.25) is 14.5 Å². The van der Waals surface area contributed by atoms with E-state index in [0.717, 1.165) is 10.5 Å². The van der Waals surface area contributed by atoms with Crippen molar-refractivity contribution < 1.29 is 23.9 Å². The molecule has 7 heteroatoms. The van der Waals surface area contributed by atoms with Gasteiger partial charge in [-0.1, -0.05) is 29.8 Å². The molecule has 1 heterocycles. The summed E-state index contributed by atoms with van der Waals surface area (Å²) in [6, 6.07) is 11.5. The summed E-state index contributed by atoms with van der Waals surface area (Å²) in [5.41, 5.74) is 0.724. The molecule has 1 unspecified atom stereocenters. The number of aryl methyl sites for hydroxylation is 1. The Morgan fingerprint density at radius 2 is 1.75 bits per heavy atom. The molecule has 7 nitrogen and oxygen atoms in total. The van der Waals surface area contributed by atoms with Crippen LogP contribution in [0.15, 0.2) is 42.5 Å². The molecule has 0 saturated carbocycles. The minimum absolute atomic E-state index is 0.242. The summed E-state index contributed by atoms with van der Waals surface area (Å²) >= 11 is 0. The van der Waals surface area contributed by atoms with Gasteiger partial charge in [-0.2, -0.15) is 0 Å². The quantitative estimate of drug-likeness (QED) is 0.613. The number of nitrogens with zero attached hydrogens (tertiary/aromatic N) is 1. The van der Waals surface area contributed by atoms with E-state index < -0.39 is 29.8 Å². The Kier molecular flexibility index (Phi) is 5.09. The normalized spacial score (nSPS) is 18.8. The number of amides is 3. The van der Waals surface area contributed by atoms with E-state index in [1.807, 2.05) is 19.1 Å². The van der Waals surface area contributed by atoms with Crippen molar-refractivity contribution in [3.05, 3.63) is 59.2 Å². The molecular formula is C21H22N2O5. The third-order valence-corrected chi connectivity index (χ3v) is 4.91. The Morgan fingerprint density at radius 1 is 1.07 bits per heavy atom. The minimum atomic E-state index is -1.22. The zero-order valence-electron chi connectivity index (χ0n) is 16.2. The molecule has 1 N–H and O–H groups in total. The molecule has 1 aliphatic rings. The van der Waals surface area contributed by atoms with Gasteiger partial charge in [0.15, 0.2) is 5.78 Å². The molecule has 1 saturated heterocycles. The first-order chi connectivity index (χ1) is 13.3. The number of ketones is 1. The summed E-state index contributed by atoms with van der Waals surface area (Å²) in [5.74, 6) is -0.0750. The predicted molar refractivity (Wildman–Crippen MR) is 103 cm³/mol. The maximum atomic E-state index is 13.0. The van der Waals surface area contributed by atoms with Crippen LogP contribution in [0.3, 0.4) is 0 Å². The highest BCUT2D eigenvalue weighted by Gasteiger charge is 2.49. The average molecular weight is 382 g/mol. The molecular weight excluding hydrogens is 360 g/mol. The Hall–Kier alpha value is -3.35. The van der Waals surface area contributed by atoms with Crippen LogP contribution in [-0.4, -0.2) is 43.4 Å². The van der Waals surface area contributed by atoms with Crippen molar-refractivity contribution in [3.8, 4) is 11.5 Å². The maximum Gasteiger partial charge on any atom is 0.325 e. The van der Waals surface area contributed by atoms with Gasteiger partial charge in [0.25, 0.3) is 5.91 Å². The van der Waals surface area contributed by atoms with E-state index in [4.69, 9.17) is 9.47 Å². The number of benzene rings is 2. The largest absolute Gasteiger partial charge is 0.497 e. The molecule has 146 valence electrons. The molecule has 2 aromatic carbocycles. The van der Waals surface area contributed by atoms with Gasteiger partial charge in [0.2, 0.25) is 0 Å². The van der Waals surface area contributed by atoms with Gasteiger partial charge < -0.3 is 14.8 Å². The fraction of sp³-hybridized carbons (Fsp3) is 0.286. The Morgan fingerprint density at radius 3 is 2.36 bits per heavy atom. The summed E-state index contributed by atoms with van der Waals surface area (Å²) in [7, 11) is 2.93. The second-order valence-corrected chi connectivity index (χ2v) is 6.80. The number of methoxy groups -OCH3 is 2. The Bertz CT molecular complexity index is 938. The van der Waals surface area contributed by atoms with Crippen molar-refractivity contribution in [2.75, 3.05) is 20.8 Å². The number of carbonyl (C=O) groups excluding carboxylic acids is 3. The van der Waals surface area contributed by atoms with Crippen molar-refractivity contribution in [2.45, 2.75) is 19.4 Å². The van der Waals surface area contributed by atoms with Crippen molar-refractivity contribution in [2.24, 2.45) is 0 Å². The second kappa shape index (κ2) is 7.34. The Balaban J connectivity index is 1.87. The molecule has 1 fully saturated rings. The van der Waals surface area contributed by atoms with Gasteiger partial charge in [0.05, 0.1) is 26.3 Å². The van der Waals surface area contributed by atoms with Gasteiger partial charge in [-0.25, -0.2) is 4.79 Å². The zero-order chi connectivity index (χ0) is 20.5. The first kappa shape index (κ1) is 19.4. The maximum absolute atomic E-state index is 13.0. The van der Waals surface area contributed by atoms with Crippen LogP contribution in [-0.2, 0) is 10.3 Å². The van der Waals surface area contributed by atoms with Crippen LogP contribution in [0.4, 0.5) is 4.79 Å². The minimum Gasteiger partial charge on any atom is -0.497 e. The van der Waals surface area contributed by atoms with Gasteiger partial charge in [0, 0.05) is 0 Å². The van der Waals surface area contributed by atoms with E-state index in [-0.39, 0.29) is 5.56 Å². The monoisotopic (exact) mass is 382 g/mol. The highest BCUT2D eigenvalue weighted by Crippen LogP contribution is 2.30. The second-order valence-electron chi connectivity index (χ2n) is 6.80. The molecule has 0 bridgehead atoms. The number of imide groups is 1. The van der Waals surface area contributed by atoms with Crippen LogP contribution in [0.2, 0.25) is 0 Å². The van der Waals surface area contributed by atoms with Gasteiger partial charge in [-0.05, 0) is 37.6 Å². The Labute approximate surface area is 163 Å². The molecule has 1 atom stereocenters. The summed E-state index contributed by atoms with van der Waals surface area (Å²) in [5, 5.41) is 2.70. The number of hydrogen-bond acceptors (Lipinski definition) is 5. The van der Waals surface area contributed by atoms with Crippen molar-refractivity contribution in [1.29, 1.82) is 0 Å². The van der Waals surface area contributed by atoms with Gasteiger partial charge in [-0.15, -0.1) is 0 Å². The standard InChI is InChI=1S/C21H22N2O5/c1-13-5-7-14(8-6-13)21(2)19(25)23(20(26)22-21)12-17(24)16-11-15(27-3)9-10-18(16)28-4/h5-11H,12H2,1-4H3,(H,22,26). The van der Waals surface area contributed by atoms with Crippen molar-refractivity contribution >= 4 is 17.7 Å². The third-order valence-electron chi connectivity index (χ3n) is 4.91. The van der Waals surface area contributed by atoms with Gasteiger partial charge in [0.1, 0.15) is 17.0 Å². The average Bonchev–Trinajstić information content (AvgIpc) is 2.91. The fourth-order valence-corrected chi connectivity index (χ4v) is 3.18. The van der Waals surface area contributed by atoms with E-state index in [1.165, 1.54) is 20.3 Å². The van der Waals surface area contributed by atoms with Crippen molar-refractivity contribution in [3.63, 3.8) is 0 Å². The summed E-state index contributed by atoms with van der Waals surface area (Å²) in [6.45, 7) is 3.18. The lowest BCUT2D eigenvalue weighted by Gasteiger charge is -2.22. The highest BCUT2D eigenvalue weighted by molar-refractivity contribution is 6.11. The molecule has 0 spiro atoms. The number of carbonyl (C=O) groups is 3. The third kappa shape index (κ3) is 3.31. The van der Waals surface area contributed by atoms with Crippen LogP contribution < -0.4 is 14.8 Å². The van der Waals surface area contributed by atoms with E-state index in [2.05, 4.69) is 5.32 Å². The number of ether oxygens (including phenoxy) is 2. The molecule has 1 aliphatic heterocycles. The van der Waals surface area contributed by atoms with Crippen LogP contribution in [0.5, 0.6) is 11.5 Å². The molecule has 28 heavy (non-hydrogen) atoms. The van der Waals surface area contributed by atoms with Crippen LogP contribution in [0.1, 0.15) is 28.4 Å². The topological polar surface area (TPSA) is 84.9 Å². The molecule has 3 amide bonds. The molecule has 3 rings (SSSR count). The lowest BCUT2D eigenvalue weighted by Crippen LogP contribution is -2.41. The first-order valence-electron chi connectivity index (χ1n) is 8.76. The number of rotatable bonds is 6. The molecule has 0 radical (unpaired) electrons. The fourth-order valence-electron chi connectivity index (χ4n) is 3.18. The van der Waals surface area contributed by atoms with E-state index in [0.29, 0.717) is 17.1 Å². The van der Waals surface area contributed by atoms with Crippen molar-refractivity contribution in [1.82, 2.24) is 10.2 Å².